The van der Waals surface area contributed by atoms with Gasteiger partial charge in [-0.05, 0) is 6.92 Å². The van der Waals surface area contributed by atoms with Crippen molar-refractivity contribution in [1.29, 1.82) is 0 Å². The maximum atomic E-state index is 11.8. The fourth-order valence-corrected chi connectivity index (χ4v) is 2.13. The first-order valence-electron chi connectivity index (χ1n) is 5.10. The van der Waals surface area contributed by atoms with E-state index in [4.69, 9.17) is 4.74 Å². The number of hydrogen-bond donors (Lipinski definition) is 2. The van der Waals surface area contributed by atoms with Crippen molar-refractivity contribution in [3.63, 3.8) is 0 Å². The van der Waals surface area contributed by atoms with E-state index >= 15 is 0 Å². The summed E-state index contributed by atoms with van der Waals surface area (Å²) >= 11 is 1.36. The molecular weight excluding hydrogens is 238 g/mol. The van der Waals surface area contributed by atoms with Crippen LogP contribution in [0.25, 0.3) is 0 Å². The lowest BCUT2D eigenvalue weighted by Crippen LogP contribution is -2.21. The number of carbonyl (C=O) groups excluding carboxylic acids is 1. The van der Waals surface area contributed by atoms with E-state index in [1.807, 2.05) is 6.92 Å². The van der Waals surface area contributed by atoms with Gasteiger partial charge in [-0.3, -0.25) is 9.89 Å². The Balaban J connectivity index is 1.95. The van der Waals surface area contributed by atoms with Crippen molar-refractivity contribution >= 4 is 17.2 Å². The molecule has 0 aromatic carbocycles. The number of thiophene rings is 1. The van der Waals surface area contributed by atoms with Crippen LogP contribution in [0.4, 0.5) is 0 Å². The SMILES string of the molecule is COc1csc(C(=O)NCc2cn[nH]c2C)c1. The Morgan fingerprint density at radius 3 is 3.06 bits per heavy atom. The average molecular weight is 251 g/mol. The molecule has 0 atom stereocenters. The molecule has 90 valence electrons. The number of aromatic amines is 1. The minimum Gasteiger partial charge on any atom is -0.496 e. The normalized spacial score (nSPS) is 10.2. The summed E-state index contributed by atoms with van der Waals surface area (Å²) in [6.07, 6.45) is 1.71. The minimum atomic E-state index is -0.0982. The molecule has 2 N–H and O–H groups in total. The molecule has 0 unspecified atom stereocenters. The van der Waals surface area contributed by atoms with Gasteiger partial charge in [0.2, 0.25) is 0 Å². The summed E-state index contributed by atoms with van der Waals surface area (Å²) in [7, 11) is 1.58. The van der Waals surface area contributed by atoms with Gasteiger partial charge in [-0.1, -0.05) is 0 Å². The van der Waals surface area contributed by atoms with Gasteiger partial charge in [0.05, 0.1) is 18.2 Å². The van der Waals surface area contributed by atoms with Crippen LogP contribution < -0.4 is 10.1 Å². The molecule has 0 aliphatic rings. The molecule has 17 heavy (non-hydrogen) atoms. The second-order valence-electron chi connectivity index (χ2n) is 3.55. The van der Waals surface area contributed by atoms with Crippen LogP contribution in [0, 0.1) is 6.92 Å². The molecule has 0 aliphatic heterocycles. The predicted molar refractivity (Wildman–Crippen MR) is 65.4 cm³/mol. The largest absolute Gasteiger partial charge is 0.496 e. The molecule has 5 nitrogen and oxygen atoms in total. The van der Waals surface area contributed by atoms with Crippen molar-refractivity contribution in [2.45, 2.75) is 13.5 Å². The molecule has 1 amide bonds. The number of amides is 1. The van der Waals surface area contributed by atoms with Crippen molar-refractivity contribution in [2.24, 2.45) is 0 Å². The molecule has 2 rings (SSSR count). The predicted octanol–water partition coefficient (Wildman–Crippen LogP) is 1.72. The molecule has 2 aromatic heterocycles. The highest BCUT2D eigenvalue weighted by atomic mass is 32.1. The Hall–Kier alpha value is -1.82. The van der Waals surface area contributed by atoms with Gasteiger partial charge in [-0.15, -0.1) is 11.3 Å². The summed E-state index contributed by atoms with van der Waals surface area (Å²) in [6.45, 7) is 2.39. The number of carbonyl (C=O) groups is 1. The molecule has 0 saturated heterocycles. The van der Waals surface area contributed by atoms with Crippen LogP contribution in [0.5, 0.6) is 5.75 Å². The fraction of sp³-hybridized carbons (Fsp3) is 0.273. The molecule has 0 bridgehead atoms. The Labute approximate surface area is 103 Å². The third-order valence-corrected chi connectivity index (χ3v) is 3.32. The lowest BCUT2D eigenvalue weighted by atomic mass is 10.2. The first-order chi connectivity index (χ1) is 8.20. The van der Waals surface area contributed by atoms with E-state index in [-0.39, 0.29) is 5.91 Å². The van der Waals surface area contributed by atoms with Crippen molar-refractivity contribution in [3.05, 3.63) is 33.8 Å². The molecule has 0 spiro atoms. The molecular formula is C11H13N3O2S. The quantitative estimate of drug-likeness (QED) is 0.869. The Bertz CT molecular complexity index is 518. The van der Waals surface area contributed by atoms with Gasteiger partial charge in [0.25, 0.3) is 5.91 Å². The van der Waals surface area contributed by atoms with Gasteiger partial charge in [0, 0.05) is 29.2 Å². The van der Waals surface area contributed by atoms with Crippen LogP contribution in [0.15, 0.2) is 17.6 Å². The summed E-state index contributed by atoms with van der Waals surface area (Å²) in [5, 5.41) is 11.4. The van der Waals surface area contributed by atoms with E-state index in [1.54, 1.807) is 24.8 Å². The average Bonchev–Trinajstić information content (AvgIpc) is 2.94. The number of nitrogens with one attached hydrogen (secondary N) is 2. The van der Waals surface area contributed by atoms with Gasteiger partial charge in [-0.2, -0.15) is 5.10 Å². The number of rotatable bonds is 4. The van der Waals surface area contributed by atoms with E-state index < -0.39 is 0 Å². The topological polar surface area (TPSA) is 67.0 Å². The summed E-state index contributed by atoms with van der Waals surface area (Å²) in [5.74, 6) is 0.610. The highest BCUT2D eigenvalue weighted by molar-refractivity contribution is 7.12. The molecule has 2 aromatic rings. The number of nitrogens with zero attached hydrogens (tertiary/aromatic N) is 1. The van der Waals surface area contributed by atoms with Crippen LogP contribution in [-0.2, 0) is 6.54 Å². The summed E-state index contributed by atoms with van der Waals surface area (Å²) in [6, 6.07) is 1.72. The lowest BCUT2D eigenvalue weighted by molar-refractivity contribution is 0.0954. The number of H-pyrrole nitrogens is 1. The van der Waals surface area contributed by atoms with Gasteiger partial charge in [0.1, 0.15) is 5.75 Å². The fourth-order valence-electron chi connectivity index (χ4n) is 1.36. The Morgan fingerprint density at radius 2 is 2.47 bits per heavy atom. The molecule has 0 aliphatic carbocycles. The first kappa shape index (κ1) is 11.7. The molecule has 0 saturated carbocycles. The second kappa shape index (κ2) is 5.01. The van der Waals surface area contributed by atoms with E-state index in [0.717, 1.165) is 11.3 Å². The highest BCUT2D eigenvalue weighted by Gasteiger charge is 2.10. The zero-order chi connectivity index (χ0) is 12.3. The van der Waals surface area contributed by atoms with Crippen LogP contribution >= 0.6 is 11.3 Å². The molecule has 0 radical (unpaired) electrons. The van der Waals surface area contributed by atoms with Gasteiger partial charge in [0.15, 0.2) is 0 Å². The van der Waals surface area contributed by atoms with Crippen molar-refractivity contribution in [2.75, 3.05) is 7.11 Å². The molecule has 6 heteroatoms. The second-order valence-corrected chi connectivity index (χ2v) is 4.46. The van der Waals surface area contributed by atoms with Crippen LogP contribution in [-0.4, -0.2) is 23.2 Å². The maximum absolute atomic E-state index is 11.8. The van der Waals surface area contributed by atoms with Crippen LogP contribution in [0.2, 0.25) is 0 Å². The third kappa shape index (κ3) is 2.65. The number of hydrogen-bond acceptors (Lipinski definition) is 4. The highest BCUT2D eigenvalue weighted by Crippen LogP contribution is 2.20. The van der Waals surface area contributed by atoms with Gasteiger partial charge in [-0.25, -0.2) is 0 Å². The third-order valence-electron chi connectivity index (χ3n) is 2.41. The smallest absolute Gasteiger partial charge is 0.261 e. The van der Waals surface area contributed by atoms with E-state index in [1.165, 1.54) is 11.3 Å². The zero-order valence-corrected chi connectivity index (χ0v) is 10.4. The van der Waals surface area contributed by atoms with Crippen molar-refractivity contribution < 1.29 is 9.53 Å². The van der Waals surface area contributed by atoms with Crippen LogP contribution in [0.1, 0.15) is 20.9 Å². The minimum absolute atomic E-state index is 0.0982. The van der Waals surface area contributed by atoms with E-state index in [9.17, 15) is 4.79 Å². The summed E-state index contributed by atoms with van der Waals surface area (Å²) < 4.78 is 5.03. The zero-order valence-electron chi connectivity index (χ0n) is 9.61. The molecule has 0 fully saturated rings. The number of aromatic nitrogens is 2. The summed E-state index contributed by atoms with van der Waals surface area (Å²) in [4.78, 5) is 12.4. The maximum Gasteiger partial charge on any atom is 0.261 e. The van der Waals surface area contributed by atoms with Gasteiger partial charge < -0.3 is 10.1 Å². The molecule has 2 heterocycles. The van der Waals surface area contributed by atoms with E-state index in [2.05, 4.69) is 15.5 Å². The number of aryl methyl sites for hydroxylation is 1. The Kier molecular flexibility index (Phi) is 3.43. The number of ether oxygens (including phenoxy) is 1. The summed E-state index contributed by atoms with van der Waals surface area (Å²) in [5.41, 5.74) is 1.95. The van der Waals surface area contributed by atoms with Crippen molar-refractivity contribution in [1.82, 2.24) is 15.5 Å². The number of methoxy groups -OCH3 is 1. The standard InChI is InChI=1S/C11H13N3O2S/c1-7-8(5-13-14-7)4-12-11(15)10-3-9(16-2)6-17-10/h3,5-6H,4H2,1-2H3,(H,12,15)(H,13,14). The van der Waals surface area contributed by atoms with Crippen LogP contribution in [0.3, 0.4) is 0 Å². The van der Waals surface area contributed by atoms with Crippen molar-refractivity contribution in [3.8, 4) is 5.75 Å². The van der Waals surface area contributed by atoms with E-state index in [0.29, 0.717) is 17.2 Å². The lowest BCUT2D eigenvalue weighted by Gasteiger charge is -2.01. The van der Waals surface area contributed by atoms with Gasteiger partial charge >= 0.3 is 0 Å². The first-order valence-corrected chi connectivity index (χ1v) is 5.98. The monoisotopic (exact) mass is 251 g/mol. The Morgan fingerprint density at radius 1 is 1.65 bits per heavy atom.